The van der Waals surface area contributed by atoms with Crippen molar-refractivity contribution in [3.63, 3.8) is 0 Å². The highest BCUT2D eigenvalue weighted by atomic mass is 16.7. The summed E-state index contributed by atoms with van der Waals surface area (Å²) in [4.78, 5) is 27.7. The summed E-state index contributed by atoms with van der Waals surface area (Å²) in [5.74, 6) is 2.35. The van der Waals surface area contributed by atoms with Gasteiger partial charge in [0.2, 0.25) is 5.88 Å². The van der Waals surface area contributed by atoms with Crippen LogP contribution < -0.4 is 10.1 Å². The van der Waals surface area contributed by atoms with Gasteiger partial charge in [-0.1, -0.05) is 6.07 Å². The first-order valence-electron chi connectivity index (χ1n) is 9.67. The molecule has 0 aliphatic heterocycles. The number of hydrogen-bond acceptors (Lipinski definition) is 4. The van der Waals surface area contributed by atoms with Crippen LogP contribution in [0.3, 0.4) is 0 Å². The number of imidazole rings is 1. The summed E-state index contributed by atoms with van der Waals surface area (Å²) in [6.07, 6.45) is 7.88. The van der Waals surface area contributed by atoms with Crippen molar-refractivity contribution in [1.82, 2.24) is 14.7 Å². The fourth-order valence-corrected chi connectivity index (χ4v) is 6.18. The molecular formula is C20H23N3O4. The maximum absolute atomic E-state index is 12.9. The molecule has 27 heavy (non-hydrogen) atoms. The molecule has 4 fully saturated rings. The third-order valence-corrected chi connectivity index (χ3v) is 6.68. The number of rotatable bonds is 4. The Morgan fingerprint density at radius 2 is 1.85 bits per heavy atom. The SMILES string of the molecule is O=C(O)Oc1cn2c(C(=O)NCC34CC5CC(CC(C5)C3)C4)cccc2n1. The molecule has 0 aromatic carbocycles. The van der Waals surface area contributed by atoms with Gasteiger partial charge in [-0.2, -0.15) is 4.98 Å². The van der Waals surface area contributed by atoms with Gasteiger partial charge in [0, 0.05) is 6.54 Å². The van der Waals surface area contributed by atoms with Crippen LogP contribution in [0.15, 0.2) is 24.4 Å². The van der Waals surface area contributed by atoms with E-state index in [-0.39, 0.29) is 17.2 Å². The predicted molar refractivity (Wildman–Crippen MR) is 96.8 cm³/mol. The summed E-state index contributed by atoms with van der Waals surface area (Å²) in [5, 5.41) is 11.9. The standard InChI is InChI=1S/C20H23N3O4/c24-18(15-2-1-3-16-22-17(10-23(15)16)27-19(25)26)21-11-20-7-12-4-13(8-20)6-14(5-12)9-20/h1-3,10,12-14H,4-9,11H2,(H,21,24)(H,25,26). The number of amides is 1. The minimum Gasteiger partial charge on any atom is -0.449 e. The molecule has 2 heterocycles. The highest BCUT2D eigenvalue weighted by Crippen LogP contribution is 2.59. The molecule has 1 amide bonds. The molecule has 4 aliphatic rings. The number of pyridine rings is 1. The van der Waals surface area contributed by atoms with Crippen molar-refractivity contribution >= 4 is 17.7 Å². The van der Waals surface area contributed by atoms with Crippen LogP contribution in [0.25, 0.3) is 5.65 Å². The van der Waals surface area contributed by atoms with Crippen LogP contribution in [0.2, 0.25) is 0 Å². The molecule has 0 spiro atoms. The summed E-state index contributed by atoms with van der Waals surface area (Å²) in [7, 11) is 0. The quantitative estimate of drug-likeness (QED) is 0.807. The van der Waals surface area contributed by atoms with Gasteiger partial charge in [-0.05, 0) is 73.8 Å². The van der Waals surface area contributed by atoms with Crippen molar-refractivity contribution in [2.75, 3.05) is 6.54 Å². The molecule has 6 rings (SSSR count). The molecule has 7 heteroatoms. The average Bonchev–Trinajstić information content (AvgIpc) is 3.00. The number of nitrogens with one attached hydrogen (secondary N) is 1. The molecule has 0 unspecified atom stereocenters. The van der Waals surface area contributed by atoms with E-state index >= 15 is 0 Å². The number of aromatic nitrogens is 2. The Bertz CT molecular complexity index is 884. The maximum atomic E-state index is 12.9. The molecule has 2 aromatic rings. The van der Waals surface area contributed by atoms with Gasteiger partial charge in [-0.3, -0.25) is 9.20 Å². The van der Waals surface area contributed by atoms with Crippen LogP contribution in [-0.2, 0) is 0 Å². The van der Waals surface area contributed by atoms with Gasteiger partial charge in [0.15, 0.2) is 0 Å². The summed E-state index contributed by atoms with van der Waals surface area (Å²) in [6.45, 7) is 0.721. The molecule has 2 N–H and O–H groups in total. The minimum absolute atomic E-state index is 0.0381. The van der Waals surface area contributed by atoms with Crippen molar-refractivity contribution in [1.29, 1.82) is 0 Å². The van der Waals surface area contributed by atoms with E-state index in [2.05, 4.69) is 15.0 Å². The van der Waals surface area contributed by atoms with E-state index in [1.165, 1.54) is 44.7 Å². The van der Waals surface area contributed by atoms with Crippen LogP contribution in [0, 0.1) is 23.2 Å². The van der Waals surface area contributed by atoms with E-state index in [1.54, 1.807) is 22.6 Å². The predicted octanol–water partition coefficient (Wildman–Crippen LogP) is 3.34. The second-order valence-electron chi connectivity index (χ2n) is 8.69. The Hall–Kier alpha value is -2.57. The van der Waals surface area contributed by atoms with Crippen molar-refractivity contribution in [2.45, 2.75) is 38.5 Å². The highest BCUT2D eigenvalue weighted by molar-refractivity contribution is 5.93. The smallest absolute Gasteiger partial charge is 0.449 e. The second-order valence-corrected chi connectivity index (χ2v) is 8.69. The van der Waals surface area contributed by atoms with Gasteiger partial charge in [0.05, 0.1) is 6.20 Å². The first-order valence-corrected chi connectivity index (χ1v) is 9.67. The van der Waals surface area contributed by atoms with Crippen LogP contribution in [0.4, 0.5) is 4.79 Å². The number of carboxylic acid groups (broad SMARTS) is 1. The fourth-order valence-electron chi connectivity index (χ4n) is 6.18. The van der Waals surface area contributed by atoms with E-state index in [1.807, 2.05) is 0 Å². The largest absolute Gasteiger partial charge is 0.512 e. The van der Waals surface area contributed by atoms with E-state index < -0.39 is 6.16 Å². The lowest BCUT2D eigenvalue weighted by Gasteiger charge is -2.56. The Balaban J connectivity index is 1.34. The lowest BCUT2D eigenvalue weighted by Crippen LogP contribution is -2.51. The van der Waals surface area contributed by atoms with Gasteiger partial charge >= 0.3 is 6.16 Å². The molecule has 0 radical (unpaired) electrons. The van der Waals surface area contributed by atoms with Crippen LogP contribution in [-0.4, -0.2) is 33.1 Å². The third kappa shape index (κ3) is 2.95. The van der Waals surface area contributed by atoms with Crippen molar-refractivity contribution in [3.8, 4) is 5.88 Å². The number of carbonyl (C=O) groups excluding carboxylic acids is 1. The van der Waals surface area contributed by atoms with Crippen LogP contribution in [0.5, 0.6) is 5.88 Å². The Morgan fingerprint density at radius 3 is 2.48 bits per heavy atom. The van der Waals surface area contributed by atoms with Crippen molar-refractivity contribution in [3.05, 3.63) is 30.1 Å². The van der Waals surface area contributed by atoms with Gasteiger partial charge in [-0.25, -0.2) is 4.79 Å². The normalized spacial score (nSPS) is 31.2. The minimum atomic E-state index is -1.42. The second kappa shape index (κ2) is 5.97. The average molecular weight is 369 g/mol. The Morgan fingerprint density at radius 1 is 1.19 bits per heavy atom. The number of fused-ring (bicyclic) bond motifs is 1. The van der Waals surface area contributed by atoms with E-state index in [4.69, 9.17) is 5.11 Å². The number of hydrogen-bond donors (Lipinski definition) is 2. The Labute approximate surface area is 156 Å². The zero-order valence-corrected chi connectivity index (χ0v) is 15.1. The van der Waals surface area contributed by atoms with Crippen molar-refractivity contribution < 1.29 is 19.4 Å². The first kappa shape index (κ1) is 16.6. The maximum Gasteiger partial charge on any atom is 0.512 e. The Kier molecular flexibility index (Phi) is 3.67. The van der Waals surface area contributed by atoms with Crippen molar-refractivity contribution in [2.24, 2.45) is 23.2 Å². The lowest BCUT2D eigenvalue weighted by atomic mass is 9.49. The van der Waals surface area contributed by atoms with Crippen LogP contribution >= 0.6 is 0 Å². The van der Waals surface area contributed by atoms with E-state index in [0.717, 1.165) is 24.3 Å². The highest BCUT2D eigenvalue weighted by Gasteiger charge is 2.50. The van der Waals surface area contributed by atoms with Gasteiger partial charge in [0.25, 0.3) is 5.91 Å². The van der Waals surface area contributed by atoms with E-state index in [9.17, 15) is 9.59 Å². The third-order valence-electron chi connectivity index (χ3n) is 6.68. The zero-order chi connectivity index (χ0) is 18.6. The van der Waals surface area contributed by atoms with Gasteiger partial charge in [-0.15, -0.1) is 0 Å². The topological polar surface area (TPSA) is 92.9 Å². The van der Waals surface area contributed by atoms with Gasteiger partial charge in [0.1, 0.15) is 11.3 Å². The fraction of sp³-hybridized carbons (Fsp3) is 0.550. The molecule has 142 valence electrons. The molecule has 0 atom stereocenters. The number of nitrogens with zero attached hydrogens (tertiary/aromatic N) is 2. The molecule has 0 saturated heterocycles. The number of ether oxygens (including phenoxy) is 1. The summed E-state index contributed by atoms with van der Waals surface area (Å²) in [6, 6.07) is 5.17. The molecule has 2 aromatic heterocycles. The molecule has 4 aliphatic carbocycles. The zero-order valence-electron chi connectivity index (χ0n) is 15.1. The number of carbonyl (C=O) groups is 2. The summed E-state index contributed by atoms with van der Waals surface area (Å²) >= 11 is 0. The molecular weight excluding hydrogens is 346 g/mol. The summed E-state index contributed by atoms with van der Waals surface area (Å²) in [5.41, 5.74) is 1.18. The summed E-state index contributed by atoms with van der Waals surface area (Å²) < 4.78 is 6.19. The first-order chi connectivity index (χ1) is 13.0. The van der Waals surface area contributed by atoms with E-state index in [0.29, 0.717) is 11.3 Å². The molecule has 7 nitrogen and oxygen atoms in total. The van der Waals surface area contributed by atoms with Crippen LogP contribution in [0.1, 0.15) is 49.0 Å². The molecule has 4 saturated carbocycles. The lowest BCUT2D eigenvalue weighted by molar-refractivity contribution is -0.0503. The molecule has 4 bridgehead atoms. The van der Waals surface area contributed by atoms with Gasteiger partial charge < -0.3 is 15.2 Å². The monoisotopic (exact) mass is 369 g/mol.